The molecule has 3 nitrogen and oxygen atoms in total. The lowest BCUT2D eigenvalue weighted by atomic mass is 10.2. The lowest BCUT2D eigenvalue weighted by Crippen LogP contribution is -2.32. The van der Waals surface area contributed by atoms with Crippen LogP contribution >= 0.6 is 15.9 Å². The SMILES string of the molecule is Brc1cnccc1OC1CCN(C2CCCC2)C1. The molecular weight excluding hydrogens is 292 g/mol. The van der Waals surface area contributed by atoms with Crippen LogP contribution in [0.15, 0.2) is 22.9 Å². The van der Waals surface area contributed by atoms with Gasteiger partial charge < -0.3 is 4.74 Å². The molecule has 0 bridgehead atoms. The van der Waals surface area contributed by atoms with E-state index < -0.39 is 0 Å². The Morgan fingerprint density at radius 2 is 2.11 bits per heavy atom. The van der Waals surface area contributed by atoms with Crippen LogP contribution in [0.5, 0.6) is 5.75 Å². The Labute approximate surface area is 117 Å². The predicted molar refractivity (Wildman–Crippen MR) is 74.8 cm³/mol. The van der Waals surface area contributed by atoms with E-state index in [1.165, 1.54) is 32.2 Å². The summed E-state index contributed by atoms with van der Waals surface area (Å²) < 4.78 is 7.02. The maximum atomic E-state index is 6.07. The quantitative estimate of drug-likeness (QED) is 0.857. The van der Waals surface area contributed by atoms with Crippen molar-refractivity contribution in [3.63, 3.8) is 0 Å². The van der Waals surface area contributed by atoms with Gasteiger partial charge in [-0.3, -0.25) is 9.88 Å². The summed E-state index contributed by atoms with van der Waals surface area (Å²) in [6.07, 6.45) is 10.6. The third kappa shape index (κ3) is 2.69. The fourth-order valence-corrected chi connectivity index (χ4v) is 3.43. The molecule has 0 amide bonds. The molecule has 1 aromatic heterocycles. The number of rotatable bonds is 3. The Morgan fingerprint density at radius 1 is 1.28 bits per heavy atom. The van der Waals surface area contributed by atoms with Crippen LogP contribution in [-0.2, 0) is 0 Å². The third-order valence-electron chi connectivity index (χ3n) is 4.05. The lowest BCUT2D eigenvalue weighted by Gasteiger charge is -2.23. The molecule has 1 unspecified atom stereocenters. The highest BCUT2D eigenvalue weighted by Gasteiger charge is 2.31. The molecule has 1 aliphatic heterocycles. The van der Waals surface area contributed by atoms with Crippen LogP contribution in [0.3, 0.4) is 0 Å². The molecule has 2 aliphatic rings. The highest BCUT2D eigenvalue weighted by atomic mass is 79.9. The van der Waals surface area contributed by atoms with Crippen molar-refractivity contribution in [2.45, 2.75) is 44.2 Å². The van der Waals surface area contributed by atoms with E-state index in [9.17, 15) is 0 Å². The first-order chi connectivity index (χ1) is 8.83. The molecule has 1 aliphatic carbocycles. The number of hydrogen-bond acceptors (Lipinski definition) is 3. The standard InChI is InChI=1S/C14H19BrN2O/c15-13-9-16-7-5-14(13)18-12-6-8-17(10-12)11-3-1-2-4-11/h5,7,9,11-12H,1-4,6,8,10H2. The zero-order valence-electron chi connectivity index (χ0n) is 10.5. The Bertz CT molecular complexity index is 407. The van der Waals surface area contributed by atoms with Crippen molar-refractivity contribution in [3.8, 4) is 5.75 Å². The first kappa shape index (κ1) is 12.4. The lowest BCUT2D eigenvalue weighted by molar-refractivity contribution is 0.177. The van der Waals surface area contributed by atoms with Crippen molar-refractivity contribution in [2.24, 2.45) is 0 Å². The number of ether oxygens (including phenoxy) is 1. The number of nitrogens with zero attached hydrogens (tertiary/aromatic N) is 2. The summed E-state index contributed by atoms with van der Waals surface area (Å²) in [6, 6.07) is 2.75. The minimum Gasteiger partial charge on any atom is -0.488 e. The van der Waals surface area contributed by atoms with Crippen LogP contribution in [0.4, 0.5) is 0 Å². The Kier molecular flexibility index (Phi) is 3.85. The molecule has 0 spiro atoms. The molecule has 18 heavy (non-hydrogen) atoms. The molecule has 0 N–H and O–H groups in total. The van der Waals surface area contributed by atoms with Crippen molar-refractivity contribution >= 4 is 15.9 Å². The van der Waals surface area contributed by atoms with Crippen molar-refractivity contribution in [2.75, 3.05) is 13.1 Å². The van der Waals surface area contributed by atoms with Gasteiger partial charge in [-0.05, 0) is 41.3 Å². The number of likely N-dealkylation sites (tertiary alicyclic amines) is 1. The summed E-state index contributed by atoms with van der Waals surface area (Å²) in [7, 11) is 0. The van der Waals surface area contributed by atoms with Crippen molar-refractivity contribution in [1.29, 1.82) is 0 Å². The van der Waals surface area contributed by atoms with Gasteiger partial charge in [-0.15, -0.1) is 0 Å². The zero-order chi connectivity index (χ0) is 12.4. The van der Waals surface area contributed by atoms with E-state index in [1.807, 2.05) is 6.07 Å². The van der Waals surface area contributed by atoms with E-state index >= 15 is 0 Å². The number of hydrogen-bond donors (Lipinski definition) is 0. The monoisotopic (exact) mass is 310 g/mol. The van der Waals surface area contributed by atoms with Gasteiger partial charge in [-0.25, -0.2) is 0 Å². The number of aromatic nitrogens is 1. The summed E-state index contributed by atoms with van der Waals surface area (Å²) in [4.78, 5) is 6.68. The molecule has 2 heterocycles. The van der Waals surface area contributed by atoms with Crippen LogP contribution < -0.4 is 4.74 Å². The summed E-state index contributed by atoms with van der Waals surface area (Å²) in [5.74, 6) is 0.920. The number of pyridine rings is 1. The van der Waals surface area contributed by atoms with Crippen LogP contribution in [0.25, 0.3) is 0 Å². The second-order valence-electron chi connectivity index (χ2n) is 5.27. The van der Waals surface area contributed by atoms with E-state index in [0.29, 0.717) is 6.10 Å². The van der Waals surface area contributed by atoms with Gasteiger partial charge in [-0.1, -0.05) is 12.8 Å². The van der Waals surface area contributed by atoms with E-state index in [1.54, 1.807) is 12.4 Å². The van der Waals surface area contributed by atoms with E-state index in [4.69, 9.17) is 4.74 Å². The van der Waals surface area contributed by atoms with Crippen LogP contribution in [0.1, 0.15) is 32.1 Å². The molecule has 0 radical (unpaired) electrons. The third-order valence-corrected chi connectivity index (χ3v) is 4.64. The maximum Gasteiger partial charge on any atom is 0.137 e. The first-order valence-electron chi connectivity index (χ1n) is 6.83. The van der Waals surface area contributed by atoms with Gasteiger partial charge in [0.2, 0.25) is 0 Å². The van der Waals surface area contributed by atoms with E-state index in [0.717, 1.165) is 29.2 Å². The summed E-state index contributed by atoms with van der Waals surface area (Å²) in [5, 5.41) is 0. The van der Waals surface area contributed by atoms with Crippen molar-refractivity contribution in [3.05, 3.63) is 22.9 Å². The predicted octanol–water partition coefficient (Wildman–Crippen LogP) is 3.24. The van der Waals surface area contributed by atoms with Gasteiger partial charge in [0.25, 0.3) is 0 Å². The topological polar surface area (TPSA) is 25.4 Å². The van der Waals surface area contributed by atoms with Gasteiger partial charge in [0.1, 0.15) is 11.9 Å². The molecule has 98 valence electrons. The molecule has 3 rings (SSSR count). The van der Waals surface area contributed by atoms with Crippen molar-refractivity contribution in [1.82, 2.24) is 9.88 Å². The molecule has 2 fully saturated rings. The smallest absolute Gasteiger partial charge is 0.137 e. The first-order valence-corrected chi connectivity index (χ1v) is 7.62. The fourth-order valence-electron chi connectivity index (χ4n) is 3.09. The maximum absolute atomic E-state index is 6.07. The Hall–Kier alpha value is -0.610. The Balaban J connectivity index is 1.57. The summed E-state index contributed by atoms with van der Waals surface area (Å²) >= 11 is 3.48. The van der Waals surface area contributed by atoms with Crippen LogP contribution in [0.2, 0.25) is 0 Å². The van der Waals surface area contributed by atoms with Gasteiger partial charge in [-0.2, -0.15) is 0 Å². The average molecular weight is 311 g/mol. The van der Waals surface area contributed by atoms with Gasteiger partial charge in [0.15, 0.2) is 0 Å². The van der Waals surface area contributed by atoms with Crippen LogP contribution in [0, 0.1) is 0 Å². The second-order valence-corrected chi connectivity index (χ2v) is 6.12. The fraction of sp³-hybridized carbons (Fsp3) is 0.643. The number of halogens is 1. The molecule has 1 saturated carbocycles. The Morgan fingerprint density at radius 3 is 2.89 bits per heavy atom. The molecule has 4 heteroatoms. The minimum atomic E-state index is 0.337. The van der Waals surface area contributed by atoms with Gasteiger partial charge >= 0.3 is 0 Å². The molecular formula is C14H19BrN2O. The average Bonchev–Trinajstić information content (AvgIpc) is 3.02. The van der Waals surface area contributed by atoms with Gasteiger partial charge in [0, 0.05) is 31.5 Å². The normalized spacial score (nSPS) is 25.7. The zero-order valence-corrected chi connectivity index (χ0v) is 12.1. The minimum absolute atomic E-state index is 0.337. The second kappa shape index (κ2) is 5.57. The molecule has 1 saturated heterocycles. The highest BCUT2D eigenvalue weighted by molar-refractivity contribution is 9.10. The highest BCUT2D eigenvalue weighted by Crippen LogP contribution is 2.30. The molecule has 0 aromatic carbocycles. The summed E-state index contributed by atoms with van der Waals surface area (Å²) in [5.41, 5.74) is 0. The van der Waals surface area contributed by atoms with E-state index in [-0.39, 0.29) is 0 Å². The summed E-state index contributed by atoms with van der Waals surface area (Å²) in [6.45, 7) is 2.28. The van der Waals surface area contributed by atoms with Crippen LogP contribution in [-0.4, -0.2) is 35.1 Å². The van der Waals surface area contributed by atoms with E-state index in [2.05, 4.69) is 25.8 Å². The molecule has 1 atom stereocenters. The van der Waals surface area contributed by atoms with Gasteiger partial charge in [0.05, 0.1) is 4.47 Å². The largest absolute Gasteiger partial charge is 0.488 e. The molecule has 1 aromatic rings. The van der Waals surface area contributed by atoms with Crippen molar-refractivity contribution < 1.29 is 4.74 Å².